The van der Waals surface area contributed by atoms with Gasteiger partial charge < -0.3 is 5.32 Å². The summed E-state index contributed by atoms with van der Waals surface area (Å²) in [5.74, 6) is -0.284. The summed E-state index contributed by atoms with van der Waals surface area (Å²) in [4.78, 5) is 25.0. The second-order valence-corrected chi connectivity index (χ2v) is 7.28. The van der Waals surface area contributed by atoms with Gasteiger partial charge in [-0.1, -0.05) is 15.9 Å². The lowest BCUT2D eigenvalue weighted by molar-refractivity contribution is 0.102. The number of ketones is 1. The molecule has 4 rings (SSSR count). The summed E-state index contributed by atoms with van der Waals surface area (Å²) >= 11 is 3.36. The van der Waals surface area contributed by atoms with Crippen molar-refractivity contribution in [1.82, 2.24) is 9.78 Å². The van der Waals surface area contributed by atoms with Crippen molar-refractivity contribution in [2.75, 3.05) is 5.32 Å². The third kappa shape index (κ3) is 4.33. The number of amides is 1. The first-order valence-electron chi connectivity index (χ1n) is 8.92. The predicted molar refractivity (Wildman–Crippen MR) is 116 cm³/mol. The predicted octanol–water partition coefficient (Wildman–Crippen LogP) is 5.12. The number of nitrogens with one attached hydrogen (secondary N) is 1. The van der Waals surface area contributed by atoms with Crippen molar-refractivity contribution in [3.63, 3.8) is 0 Å². The molecule has 0 aliphatic rings. The van der Waals surface area contributed by atoms with E-state index in [1.54, 1.807) is 59.4 Å². The number of hydrogen-bond acceptors (Lipinski definition) is 3. The van der Waals surface area contributed by atoms with Gasteiger partial charge in [-0.05, 0) is 78.9 Å². The van der Waals surface area contributed by atoms with E-state index in [1.807, 2.05) is 36.5 Å². The van der Waals surface area contributed by atoms with E-state index in [4.69, 9.17) is 0 Å². The minimum Gasteiger partial charge on any atom is -0.322 e. The van der Waals surface area contributed by atoms with Crippen molar-refractivity contribution in [1.29, 1.82) is 0 Å². The lowest BCUT2D eigenvalue weighted by Gasteiger charge is -2.08. The number of halogens is 1. The molecule has 4 aromatic rings. The van der Waals surface area contributed by atoms with Crippen molar-refractivity contribution in [3.8, 4) is 5.69 Å². The third-order valence-electron chi connectivity index (χ3n) is 4.41. The van der Waals surface area contributed by atoms with Gasteiger partial charge in [0, 0.05) is 39.2 Å². The van der Waals surface area contributed by atoms with E-state index < -0.39 is 0 Å². The second-order valence-electron chi connectivity index (χ2n) is 6.36. The third-order valence-corrected chi connectivity index (χ3v) is 4.94. The van der Waals surface area contributed by atoms with Crippen LogP contribution in [0.5, 0.6) is 0 Å². The fraction of sp³-hybridized carbons (Fsp3) is 0. The number of carbonyl (C=O) groups excluding carboxylic acids is 2. The van der Waals surface area contributed by atoms with Gasteiger partial charge in [0.25, 0.3) is 5.91 Å². The minimum atomic E-state index is -0.219. The molecule has 1 aromatic heterocycles. The molecular formula is C23H16BrN3O2. The zero-order valence-corrected chi connectivity index (χ0v) is 16.8. The van der Waals surface area contributed by atoms with E-state index in [-0.39, 0.29) is 11.7 Å². The molecule has 0 aliphatic carbocycles. The smallest absolute Gasteiger partial charge is 0.255 e. The highest BCUT2D eigenvalue weighted by Crippen LogP contribution is 2.17. The van der Waals surface area contributed by atoms with Crippen LogP contribution in [0.15, 0.2) is 95.7 Å². The first kappa shape index (κ1) is 18.8. The Morgan fingerprint density at radius 1 is 0.793 bits per heavy atom. The fourth-order valence-corrected chi connectivity index (χ4v) is 3.13. The maximum atomic E-state index is 12.5. The van der Waals surface area contributed by atoms with Gasteiger partial charge in [-0.25, -0.2) is 4.68 Å². The molecule has 0 radical (unpaired) electrons. The molecule has 0 fully saturated rings. The fourth-order valence-electron chi connectivity index (χ4n) is 2.86. The molecule has 0 bridgehead atoms. The van der Waals surface area contributed by atoms with Crippen LogP contribution in [0.25, 0.3) is 5.69 Å². The Hall–Kier alpha value is -3.51. The summed E-state index contributed by atoms with van der Waals surface area (Å²) in [7, 11) is 0. The van der Waals surface area contributed by atoms with Crippen molar-refractivity contribution >= 4 is 33.3 Å². The molecule has 0 unspecified atom stereocenters. The topological polar surface area (TPSA) is 64.0 Å². The van der Waals surface area contributed by atoms with Gasteiger partial charge in [0.1, 0.15) is 0 Å². The van der Waals surface area contributed by atoms with Gasteiger partial charge in [-0.15, -0.1) is 0 Å². The van der Waals surface area contributed by atoms with E-state index in [1.165, 1.54) is 0 Å². The molecule has 3 aromatic carbocycles. The van der Waals surface area contributed by atoms with E-state index in [9.17, 15) is 9.59 Å². The first-order valence-corrected chi connectivity index (χ1v) is 9.71. The van der Waals surface area contributed by atoms with Crippen LogP contribution in [0.3, 0.4) is 0 Å². The summed E-state index contributed by atoms with van der Waals surface area (Å²) in [5.41, 5.74) is 3.22. The zero-order valence-electron chi connectivity index (χ0n) is 15.2. The Morgan fingerprint density at radius 3 is 1.97 bits per heavy atom. The van der Waals surface area contributed by atoms with Gasteiger partial charge in [0.15, 0.2) is 5.78 Å². The average Bonchev–Trinajstić information content (AvgIpc) is 3.29. The lowest BCUT2D eigenvalue weighted by Crippen LogP contribution is -2.12. The van der Waals surface area contributed by atoms with Crippen molar-refractivity contribution in [2.45, 2.75) is 0 Å². The van der Waals surface area contributed by atoms with E-state index in [0.29, 0.717) is 22.4 Å². The Kier molecular flexibility index (Phi) is 5.35. The van der Waals surface area contributed by atoms with Crippen LogP contribution in [-0.4, -0.2) is 21.5 Å². The van der Waals surface area contributed by atoms with E-state index >= 15 is 0 Å². The quantitative estimate of drug-likeness (QED) is 0.433. The highest BCUT2D eigenvalue weighted by Gasteiger charge is 2.10. The molecule has 0 aliphatic heterocycles. The van der Waals surface area contributed by atoms with Crippen LogP contribution in [0, 0.1) is 0 Å². The van der Waals surface area contributed by atoms with Crippen LogP contribution in [-0.2, 0) is 0 Å². The van der Waals surface area contributed by atoms with Crippen LogP contribution >= 0.6 is 15.9 Å². The molecule has 5 nitrogen and oxygen atoms in total. The van der Waals surface area contributed by atoms with Gasteiger partial charge in [-0.3, -0.25) is 9.59 Å². The van der Waals surface area contributed by atoms with E-state index in [0.717, 1.165) is 10.2 Å². The normalized spacial score (nSPS) is 10.5. The molecule has 1 N–H and O–H groups in total. The van der Waals surface area contributed by atoms with Crippen LogP contribution in [0.4, 0.5) is 5.69 Å². The number of nitrogens with zero attached hydrogens (tertiary/aromatic N) is 2. The molecule has 1 amide bonds. The highest BCUT2D eigenvalue weighted by molar-refractivity contribution is 9.10. The molecule has 142 valence electrons. The molecule has 0 spiro atoms. The number of aromatic nitrogens is 2. The highest BCUT2D eigenvalue weighted by atomic mass is 79.9. The lowest BCUT2D eigenvalue weighted by atomic mass is 10.0. The van der Waals surface area contributed by atoms with Crippen LogP contribution in [0.1, 0.15) is 26.3 Å². The summed E-state index contributed by atoms with van der Waals surface area (Å²) in [5, 5.41) is 7.01. The standard InChI is InChI=1S/C23H16BrN3O2/c24-19-8-2-16(3-9-19)22(28)17-4-10-20(11-5-17)26-23(29)18-6-12-21(13-7-18)27-15-1-14-25-27/h1-15H,(H,26,29). The molecule has 0 saturated carbocycles. The molecule has 1 heterocycles. The molecular weight excluding hydrogens is 430 g/mol. The van der Waals surface area contributed by atoms with Crippen molar-refractivity contribution < 1.29 is 9.59 Å². The zero-order chi connectivity index (χ0) is 20.2. The molecule has 0 saturated heterocycles. The Labute approximate surface area is 176 Å². The largest absolute Gasteiger partial charge is 0.322 e. The number of anilines is 1. The number of benzene rings is 3. The number of hydrogen-bond donors (Lipinski definition) is 1. The second kappa shape index (κ2) is 8.24. The Balaban J connectivity index is 1.43. The van der Waals surface area contributed by atoms with Gasteiger partial charge in [0.05, 0.1) is 5.69 Å². The van der Waals surface area contributed by atoms with Crippen molar-refractivity contribution in [2.24, 2.45) is 0 Å². The number of carbonyl (C=O) groups is 2. The summed E-state index contributed by atoms with van der Waals surface area (Å²) in [6.07, 6.45) is 3.54. The summed E-state index contributed by atoms with van der Waals surface area (Å²) < 4.78 is 2.65. The minimum absolute atomic E-state index is 0.0652. The van der Waals surface area contributed by atoms with Gasteiger partial charge >= 0.3 is 0 Å². The monoisotopic (exact) mass is 445 g/mol. The van der Waals surface area contributed by atoms with Crippen LogP contribution in [0.2, 0.25) is 0 Å². The Bertz CT molecular complexity index is 1130. The maximum Gasteiger partial charge on any atom is 0.255 e. The molecule has 6 heteroatoms. The van der Waals surface area contributed by atoms with Gasteiger partial charge in [-0.2, -0.15) is 5.10 Å². The SMILES string of the molecule is O=C(Nc1ccc(C(=O)c2ccc(Br)cc2)cc1)c1ccc(-n2cccn2)cc1. The molecule has 0 atom stereocenters. The Morgan fingerprint density at radius 2 is 1.38 bits per heavy atom. The number of rotatable bonds is 5. The summed E-state index contributed by atoms with van der Waals surface area (Å²) in [6, 6.07) is 23.1. The maximum absolute atomic E-state index is 12.5. The van der Waals surface area contributed by atoms with Crippen LogP contribution < -0.4 is 5.32 Å². The summed E-state index contributed by atoms with van der Waals surface area (Å²) in [6.45, 7) is 0. The first-order chi connectivity index (χ1) is 14.1. The average molecular weight is 446 g/mol. The van der Waals surface area contributed by atoms with Crippen molar-refractivity contribution in [3.05, 3.63) is 112 Å². The van der Waals surface area contributed by atoms with Gasteiger partial charge in [0.2, 0.25) is 0 Å². The van der Waals surface area contributed by atoms with E-state index in [2.05, 4.69) is 26.3 Å². The molecule has 29 heavy (non-hydrogen) atoms.